The van der Waals surface area contributed by atoms with Crippen molar-refractivity contribution in [1.29, 1.82) is 0 Å². The number of amides is 2. The number of halogens is 2. The highest BCUT2D eigenvalue weighted by molar-refractivity contribution is 9.10. The summed E-state index contributed by atoms with van der Waals surface area (Å²) in [5, 5.41) is 3.41. The van der Waals surface area contributed by atoms with Crippen LogP contribution >= 0.6 is 27.5 Å². The molecular formula is C28H31BrClN3O4S. The Hall–Kier alpha value is -2.88. The van der Waals surface area contributed by atoms with Crippen molar-refractivity contribution in [3.8, 4) is 0 Å². The Morgan fingerprint density at radius 2 is 1.66 bits per heavy atom. The van der Waals surface area contributed by atoms with Crippen molar-refractivity contribution < 1.29 is 18.0 Å². The van der Waals surface area contributed by atoms with E-state index in [1.54, 1.807) is 73.7 Å². The van der Waals surface area contributed by atoms with Crippen molar-refractivity contribution >= 4 is 55.1 Å². The van der Waals surface area contributed by atoms with E-state index in [2.05, 4.69) is 21.2 Å². The lowest BCUT2D eigenvalue weighted by molar-refractivity contribution is -0.139. The monoisotopic (exact) mass is 619 g/mol. The zero-order chi connectivity index (χ0) is 27.9. The molecule has 7 nitrogen and oxygen atoms in total. The van der Waals surface area contributed by atoms with Crippen molar-refractivity contribution in [3.05, 3.63) is 93.9 Å². The summed E-state index contributed by atoms with van der Waals surface area (Å²) in [6, 6.07) is 20.7. The molecule has 0 spiro atoms. The molecule has 0 fully saturated rings. The maximum Gasteiger partial charge on any atom is 0.264 e. The molecule has 10 heteroatoms. The van der Waals surface area contributed by atoms with Crippen LogP contribution in [0.1, 0.15) is 32.8 Å². The van der Waals surface area contributed by atoms with Gasteiger partial charge >= 0.3 is 0 Å². The first-order chi connectivity index (χ1) is 18.0. The van der Waals surface area contributed by atoms with Gasteiger partial charge in [-0.25, -0.2) is 8.42 Å². The number of rotatable bonds is 11. The largest absolute Gasteiger partial charge is 0.352 e. The van der Waals surface area contributed by atoms with Crippen LogP contribution in [0.3, 0.4) is 0 Å². The third-order valence-electron chi connectivity index (χ3n) is 6.12. The van der Waals surface area contributed by atoms with Crippen LogP contribution in [0.2, 0.25) is 5.02 Å². The average molecular weight is 621 g/mol. The van der Waals surface area contributed by atoms with Crippen molar-refractivity contribution in [1.82, 2.24) is 10.2 Å². The van der Waals surface area contributed by atoms with Gasteiger partial charge in [0.15, 0.2) is 0 Å². The Bertz CT molecular complexity index is 1370. The fourth-order valence-electron chi connectivity index (χ4n) is 3.76. The van der Waals surface area contributed by atoms with Gasteiger partial charge < -0.3 is 10.2 Å². The molecule has 2 atom stereocenters. The number of sulfonamides is 1. The molecule has 0 aliphatic carbocycles. The summed E-state index contributed by atoms with van der Waals surface area (Å²) >= 11 is 9.56. The highest BCUT2D eigenvalue weighted by Crippen LogP contribution is 2.27. The molecule has 0 radical (unpaired) electrons. The van der Waals surface area contributed by atoms with Crippen molar-refractivity contribution in [2.24, 2.45) is 0 Å². The van der Waals surface area contributed by atoms with Crippen LogP contribution in [0.5, 0.6) is 0 Å². The SMILES string of the molecule is CCC(C)NC(=O)C(C)N(Cc1cccc(Cl)c1)C(=O)CN(c1cccc(Br)c1)S(=O)(=O)c1ccccc1. The summed E-state index contributed by atoms with van der Waals surface area (Å²) in [5.74, 6) is -0.856. The molecule has 3 aromatic carbocycles. The van der Waals surface area contributed by atoms with Crippen LogP contribution < -0.4 is 9.62 Å². The lowest BCUT2D eigenvalue weighted by Gasteiger charge is -2.32. The zero-order valence-electron chi connectivity index (χ0n) is 21.5. The minimum absolute atomic E-state index is 0.0525. The number of hydrogen-bond acceptors (Lipinski definition) is 4. The van der Waals surface area contributed by atoms with Crippen LogP contribution in [-0.2, 0) is 26.2 Å². The minimum atomic E-state index is -4.10. The van der Waals surface area contributed by atoms with Gasteiger partial charge in [-0.3, -0.25) is 13.9 Å². The van der Waals surface area contributed by atoms with Gasteiger partial charge in [0.1, 0.15) is 12.6 Å². The molecule has 0 bridgehead atoms. The first-order valence-electron chi connectivity index (χ1n) is 12.2. The highest BCUT2D eigenvalue weighted by atomic mass is 79.9. The molecule has 0 aliphatic heterocycles. The number of anilines is 1. The summed E-state index contributed by atoms with van der Waals surface area (Å²) in [7, 11) is -4.10. The molecule has 202 valence electrons. The summed E-state index contributed by atoms with van der Waals surface area (Å²) in [6.45, 7) is 5.04. The number of nitrogens with one attached hydrogen (secondary N) is 1. The van der Waals surface area contributed by atoms with E-state index < -0.39 is 28.5 Å². The van der Waals surface area contributed by atoms with Crippen LogP contribution in [0.25, 0.3) is 0 Å². The van der Waals surface area contributed by atoms with Crippen molar-refractivity contribution in [3.63, 3.8) is 0 Å². The van der Waals surface area contributed by atoms with E-state index in [9.17, 15) is 18.0 Å². The van der Waals surface area contributed by atoms with Crippen molar-refractivity contribution in [2.75, 3.05) is 10.8 Å². The van der Waals surface area contributed by atoms with Gasteiger partial charge in [0.2, 0.25) is 11.8 Å². The van der Waals surface area contributed by atoms with Gasteiger partial charge in [0, 0.05) is 22.1 Å². The quantitative estimate of drug-likeness (QED) is 0.301. The van der Waals surface area contributed by atoms with Gasteiger partial charge in [-0.2, -0.15) is 0 Å². The number of nitrogens with zero attached hydrogens (tertiary/aromatic N) is 2. The Balaban J connectivity index is 2.02. The van der Waals surface area contributed by atoms with Gasteiger partial charge in [0.25, 0.3) is 10.0 Å². The highest BCUT2D eigenvalue weighted by Gasteiger charge is 2.32. The number of carbonyl (C=O) groups is 2. The second-order valence-corrected chi connectivity index (χ2v) is 12.2. The van der Waals surface area contributed by atoms with Gasteiger partial charge in [-0.15, -0.1) is 0 Å². The van der Waals surface area contributed by atoms with Crippen LogP contribution in [0.15, 0.2) is 88.2 Å². The second-order valence-electron chi connectivity index (χ2n) is 8.95. The van der Waals surface area contributed by atoms with Gasteiger partial charge in [0.05, 0.1) is 10.6 Å². The summed E-state index contributed by atoms with van der Waals surface area (Å²) < 4.78 is 29.2. The topological polar surface area (TPSA) is 86.8 Å². The lowest BCUT2D eigenvalue weighted by atomic mass is 10.1. The Kier molecular flexibility index (Phi) is 10.4. The van der Waals surface area contributed by atoms with E-state index in [1.807, 2.05) is 13.8 Å². The molecule has 0 heterocycles. The maximum absolute atomic E-state index is 13.9. The molecule has 2 amide bonds. The van der Waals surface area contributed by atoms with E-state index >= 15 is 0 Å². The molecule has 0 aliphatic rings. The van der Waals surface area contributed by atoms with Crippen LogP contribution in [-0.4, -0.2) is 43.8 Å². The normalized spacial score (nSPS) is 12.9. The molecule has 3 aromatic rings. The smallest absolute Gasteiger partial charge is 0.264 e. The van der Waals surface area contributed by atoms with Crippen LogP contribution in [0.4, 0.5) is 5.69 Å². The van der Waals surface area contributed by atoms with E-state index in [-0.39, 0.29) is 23.4 Å². The van der Waals surface area contributed by atoms with E-state index in [0.29, 0.717) is 20.7 Å². The molecule has 2 unspecified atom stereocenters. The Morgan fingerprint density at radius 1 is 0.974 bits per heavy atom. The van der Waals surface area contributed by atoms with Crippen LogP contribution in [0, 0.1) is 0 Å². The van der Waals surface area contributed by atoms with Gasteiger partial charge in [-0.05, 0) is 68.3 Å². The lowest BCUT2D eigenvalue weighted by Crippen LogP contribution is -2.52. The number of hydrogen-bond donors (Lipinski definition) is 1. The standard InChI is InChI=1S/C28H31BrClN3O4S/c1-4-20(2)31-28(35)21(3)32(18-22-10-8-12-24(30)16-22)27(34)19-33(25-13-9-11-23(29)17-25)38(36,37)26-14-6-5-7-15-26/h5-17,20-21H,4,18-19H2,1-3H3,(H,31,35). The number of benzene rings is 3. The molecule has 0 saturated heterocycles. The Labute approximate surface area is 238 Å². The summed E-state index contributed by atoms with van der Waals surface area (Å²) in [5.41, 5.74) is 1.03. The summed E-state index contributed by atoms with van der Waals surface area (Å²) in [4.78, 5) is 28.4. The average Bonchev–Trinajstić information content (AvgIpc) is 2.90. The van der Waals surface area contributed by atoms with Crippen molar-refractivity contribution in [2.45, 2.75) is 50.7 Å². The van der Waals surface area contributed by atoms with E-state index in [1.165, 1.54) is 17.0 Å². The fourth-order valence-corrected chi connectivity index (χ4v) is 5.79. The first kappa shape index (κ1) is 29.7. The summed E-state index contributed by atoms with van der Waals surface area (Å²) in [6.07, 6.45) is 0.729. The van der Waals surface area contributed by atoms with E-state index in [4.69, 9.17) is 11.6 Å². The molecule has 1 N–H and O–H groups in total. The minimum Gasteiger partial charge on any atom is -0.352 e. The zero-order valence-corrected chi connectivity index (χ0v) is 24.6. The Morgan fingerprint density at radius 3 is 2.29 bits per heavy atom. The number of carbonyl (C=O) groups excluding carboxylic acids is 2. The second kappa shape index (κ2) is 13.3. The predicted molar refractivity (Wildman–Crippen MR) is 154 cm³/mol. The molecule has 38 heavy (non-hydrogen) atoms. The van der Waals surface area contributed by atoms with E-state index in [0.717, 1.165) is 10.7 Å². The maximum atomic E-state index is 13.9. The molecule has 3 rings (SSSR count). The van der Waals surface area contributed by atoms with Gasteiger partial charge in [-0.1, -0.05) is 70.9 Å². The predicted octanol–water partition coefficient (Wildman–Crippen LogP) is 5.63. The third-order valence-corrected chi connectivity index (χ3v) is 8.63. The fraction of sp³-hybridized carbons (Fsp3) is 0.286. The third kappa shape index (κ3) is 7.58. The first-order valence-corrected chi connectivity index (χ1v) is 14.8. The molecular weight excluding hydrogens is 590 g/mol. The molecule has 0 saturated carbocycles. The molecule has 0 aromatic heterocycles.